The molecule has 0 amide bonds. The summed E-state index contributed by atoms with van der Waals surface area (Å²) >= 11 is 7.65. The molecule has 1 aromatic carbocycles. The van der Waals surface area contributed by atoms with E-state index in [1.54, 1.807) is 17.8 Å². The smallest absolute Gasteiger partial charge is 0.311 e. The van der Waals surface area contributed by atoms with Crippen molar-refractivity contribution in [3.05, 3.63) is 28.8 Å². The molecule has 2 N–H and O–H groups in total. The molecule has 1 atom stereocenters. The third-order valence-corrected chi connectivity index (χ3v) is 7.56. The van der Waals surface area contributed by atoms with E-state index in [1.807, 2.05) is 11.8 Å². The Kier molecular flexibility index (Phi) is 8.44. The van der Waals surface area contributed by atoms with E-state index in [2.05, 4.69) is 23.1 Å². The molecule has 0 radical (unpaired) electrons. The maximum atomic E-state index is 12.2. The number of thioether (sulfide) groups is 1. The average molecular weight is 487 g/mol. The van der Waals surface area contributed by atoms with Gasteiger partial charge >= 0.3 is 5.17 Å². The second kappa shape index (κ2) is 9.25. The molecule has 1 aliphatic rings. The number of nitrogens with one attached hydrogen (secondary N) is 1. The van der Waals surface area contributed by atoms with Gasteiger partial charge in [0.05, 0.1) is 30.4 Å². The fourth-order valence-corrected chi connectivity index (χ4v) is 5.72. The Bertz CT molecular complexity index is 783. The van der Waals surface area contributed by atoms with Crippen molar-refractivity contribution < 1.29 is 35.1 Å². The van der Waals surface area contributed by atoms with Crippen molar-refractivity contribution in [3.63, 3.8) is 0 Å². The first-order chi connectivity index (χ1) is 11.7. The first kappa shape index (κ1) is 23.7. The Balaban J connectivity index is 0.00000338. The van der Waals surface area contributed by atoms with Gasteiger partial charge in [-0.2, -0.15) is 0 Å². The molecule has 1 aromatic rings. The van der Waals surface area contributed by atoms with Gasteiger partial charge in [0.25, 0.3) is 0 Å². The number of hydrogen-bond acceptors (Lipinski definition) is 4. The number of aliphatic hydroxyl groups is 1. The molecule has 1 unspecified atom stereocenters. The quantitative estimate of drug-likeness (QED) is 0.498. The topological polar surface area (TPSA) is 72.6 Å². The molecular weight excluding hydrogens is 462 g/mol. The minimum absolute atomic E-state index is 0. The van der Waals surface area contributed by atoms with E-state index >= 15 is 0 Å². The third kappa shape index (κ3) is 4.23. The highest BCUT2D eigenvalue weighted by Crippen LogP contribution is 2.40. The summed E-state index contributed by atoms with van der Waals surface area (Å²) in [6, 6.07) is 4.67. The van der Waals surface area contributed by atoms with Crippen molar-refractivity contribution in [1.82, 2.24) is 9.62 Å². The highest BCUT2D eigenvalue weighted by atomic mass is 79.9. The lowest BCUT2D eigenvalue weighted by Gasteiger charge is -2.28. The number of hydrogen-bond donors (Lipinski definition) is 2. The van der Waals surface area contributed by atoms with Crippen LogP contribution in [0, 0.1) is 0 Å². The minimum Gasteiger partial charge on any atom is -1.00 e. The zero-order valence-corrected chi connectivity index (χ0v) is 19.3. The van der Waals surface area contributed by atoms with Crippen molar-refractivity contribution in [2.75, 3.05) is 32.4 Å². The van der Waals surface area contributed by atoms with E-state index < -0.39 is 15.7 Å². The van der Waals surface area contributed by atoms with Crippen LogP contribution in [-0.4, -0.2) is 60.6 Å². The van der Waals surface area contributed by atoms with Crippen molar-refractivity contribution in [2.24, 2.45) is 0 Å². The van der Waals surface area contributed by atoms with Crippen molar-refractivity contribution in [3.8, 4) is 0 Å². The van der Waals surface area contributed by atoms with Gasteiger partial charge < -0.3 is 22.1 Å². The standard InChI is InChI=1S/C16H25ClN3O3S2.BrH/c1-5-19(6-2)15-20(7-3)16(21,11-24-15)12-8-9-13(17)14(10-12)25(22,23)18-4;/h8-10,18,21H,5-7,11H2,1-4H3;1H/q+1;/p-1. The monoisotopic (exact) mass is 485 g/mol. The van der Waals surface area contributed by atoms with Gasteiger partial charge in [-0.05, 0) is 51.7 Å². The van der Waals surface area contributed by atoms with E-state index in [1.165, 1.54) is 19.2 Å². The highest BCUT2D eigenvalue weighted by Gasteiger charge is 2.51. The average Bonchev–Trinajstić information content (AvgIpc) is 2.94. The fraction of sp³-hybridized carbons (Fsp3) is 0.562. The summed E-state index contributed by atoms with van der Waals surface area (Å²) in [5.74, 6) is 0.424. The van der Waals surface area contributed by atoms with Crippen LogP contribution in [-0.2, 0) is 15.7 Å². The number of halogens is 2. The summed E-state index contributed by atoms with van der Waals surface area (Å²) in [5, 5.41) is 12.5. The second-order valence-corrected chi connectivity index (χ2v) is 8.86. The molecule has 0 aromatic heterocycles. The lowest BCUT2D eigenvalue weighted by atomic mass is 10.0. The molecule has 1 heterocycles. The summed E-state index contributed by atoms with van der Waals surface area (Å²) in [4.78, 5) is 1.89. The van der Waals surface area contributed by atoms with Crippen LogP contribution in [0.4, 0.5) is 0 Å². The van der Waals surface area contributed by atoms with Gasteiger partial charge in [0.1, 0.15) is 4.90 Å². The lowest BCUT2D eigenvalue weighted by molar-refractivity contribution is -0.523. The van der Waals surface area contributed by atoms with Gasteiger partial charge in [-0.1, -0.05) is 17.7 Å². The molecule has 2 rings (SSSR count). The molecule has 1 fully saturated rings. The predicted octanol–water partition coefficient (Wildman–Crippen LogP) is -1.13. The van der Waals surface area contributed by atoms with Crippen LogP contribution in [0.3, 0.4) is 0 Å². The summed E-state index contributed by atoms with van der Waals surface area (Å²) in [5.41, 5.74) is -0.762. The SMILES string of the molecule is CCN1C(=[N+](CC)CC)SCC1(O)c1ccc(Cl)c(S(=O)(=O)NC)c1.[Br-]. The molecule has 6 nitrogen and oxygen atoms in total. The first-order valence-corrected chi connectivity index (χ1v) is 11.1. The van der Waals surface area contributed by atoms with Gasteiger partial charge in [-0.15, -0.1) is 0 Å². The van der Waals surface area contributed by atoms with Crippen LogP contribution in [0.15, 0.2) is 23.1 Å². The van der Waals surface area contributed by atoms with E-state index in [0.29, 0.717) is 17.9 Å². The number of benzene rings is 1. The Morgan fingerprint density at radius 2 is 1.96 bits per heavy atom. The van der Waals surface area contributed by atoms with Gasteiger partial charge in [0, 0.05) is 5.56 Å². The Hall–Kier alpha value is -0.320. The molecule has 0 bridgehead atoms. The van der Waals surface area contributed by atoms with Crippen molar-refractivity contribution in [1.29, 1.82) is 0 Å². The normalized spacial score (nSPS) is 20.2. The van der Waals surface area contributed by atoms with E-state index in [-0.39, 0.29) is 26.9 Å². The molecule has 1 aliphatic heterocycles. The van der Waals surface area contributed by atoms with Crippen LogP contribution >= 0.6 is 23.4 Å². The van der Waals surface area contributed by atoms with Crippen molar-refractivity contribution in [2.45, 2.75) is 31.4 Å². The van der Waals surface area contributed by atoms with Gasteiger partial charge in [0.2, 0.25) is 15.7 Å². The molecule has 26 heavy (non-hydrogen) atoms. The summed E-state index contributed by atoms with van der Waals surface area (Å²) in [6.45, 7) is 8.40. The highest BCUT2D eigenvalue weighted by molar-refractivity contribution is 8.13. The maximum absolute atomic E-state index is 12.2. The fourth-order valence-electron chi connectivity index (χ4n) is 2.94. The minimum atomic E-state index is -3.71. The van der Waals surface area contributed by atoms with E-state index in [4.69, 9.17) is 11.6 Å². The Morgan fingerprint density at radius 1 is 1.35 bits per heavy atom. The Labute approximate surface area is 175 Å². The molecule has 0 aliphatic carbocycles. The second-order valence-electron chi connectivity index (χ2n) is 5.66. The Morgan fingerprint density at radius 3 is 2.46 bits per heavy atom. The summed E-state index contributed by atoms with van der Waals surface area (Å²) in [7, 11) is -2.37. The third-order valence-electron chi connectivity index (χ3n) is 4.38. The molecule has 10 heteroatoms. The van der Waals surface area contributed by atoms with E-state index in [0.717, 1.165) is 18.3 Å². The van der Waals surface area contributed by atoms with Gasteiger partial charge in [-0.3, -0.25) is 4.58 Å². The molecule has 1 saturated heterocycles. The van der Waals surface area contributed by atoms with Crippen LogP contribution in [0.5, 0.6) is 0 Å². The molecule has 0 spiro atoms. The molecule has 148 valence electrons. The number of amidine groups is 1. The van der Waals surface area contributed by atoms with Gasteiger partial charge in [-0.25, -0.2) is 18.0 Å². The number of sulfonamides is 1. The molecular formula is C16H25BrClN3O3S2. The lowest BCUT2D eigenvalue weighted by Crippen LogP contribution is -3.00. The van der Waals surface area contributed by atoms with Crippen LogP contribution in [0.1, 0.15) is 26.3 Å². The predicted molar refractivity (Wildman–Crippen MR) is 103 cm³/mol. The maximum Gasteiger partial charge on any atom is 0.311 e. The summed E-state index contributed by atoms with van der Waals surface area (Å²) in [6.07, 6.45) is 0. The zero-order valence-electron chi connectivity index (χ0n) is 15.3. The van der Waals surface area contributed by atoms with Crippen LogP contribution < -0.4 is 21.7 Å². The largest absolute Gasteiger partial charge is 1.00 e. The van der Waals surface area contributed by atoms with Crippen molar-refractivity contribution >= 4 is 38.6 Å². The van der Waals surface area contributed by atoms with Gasteiger partial charge in [0.15, 0.2) is 0 Å². The molecule has 0 saturated carbocycles. The number of rotatable bonds is 6. The zero-order chi connectivity index (χ0) is 18.8. The summed E-state index contributed by atoms with van der Waals surface area (Å²) < 4.78 is 28.9. The number of nitrogens with zero attached hydrogens (tertiary/aromatic N) is 2. The first-order valence-electron chi connectivity index (χ1n) is 8.23. The van der Waals surface area contributed by atoms with E-state index in [9.17, 15) is 13.5 Å². The van der Waals surface area contributed by atoms with Crippen LogP contribution in [0.2, 0.25) is 5.02 Å². The van der Waals surface area contributed by atoms with Crippen LogP contribution in [0.25, 0.3) is 0 Å².